The molecule has 0 aliphatic carbocycles. The standard InChI is InChI=1S/C23H30FIN4O2.C2HF3O2/c1-29(23(31)20(27)15-17-6-10-19(25)11-7-17)21(3-2-13-26)22(30)28-14-12-16-4-8-18(24)9-5-16;3-2(4,5)1(6)7/h4-11,20-21H,2-3,12-15,26-27H2,1H3,(H,28,30);(H,6,7)/t20-,21-;/m0./s1. The molecule has 210 valence electrons. The minimum atomic E-state index is -5.08. The normalized spacial score (nSPS) is 12.5. The SMILES string of the molecule is CN(C(=O)[C@@H](N)Cc1ccc(I)cc1)[C@@H](CCCN)C(=O)NCCc1ccc(F)cc1.O=C(O)C(F)(F)F. The van der Waals surface area contributed by atoms with E-state index >= 15 is 0 Å². The first kappa shape index (κ1) is 33.2. The van der Waals surface area contributed by atoms with E-state index in [1.807, 2.05) is 24.3 Å². The molecule has 13 heteroatoms. The van der Waals surface area contributed by atoms with Crippen molar-refractivity contribution < 1.29 is 37.1 Å². The maximum atomic E-state index is 13.0. The maximum absolute atomic E-state index is 13.0. The van der Waals surface area contributed by atoms with Crippen molar-refractivity contribution in [2.45, 2.75) is 43.9 Å². The molecule has 0 fully saturated rings. The Morgan fingerprint density at radius 3 is 2.08 bits per heavy atom. The monoisotopic (exact) mass is 654 g/mol. The van der Waals surface area contributed by atoms with Gasteiger partial charge in [-0.2, -0.15) is 13.2 Å². The summed E-state index contributed by atoms with van der Waals surface area (Å²) in [5.74, 6) is -3.58. The van der Waals surface area contributed by atoms with Crippen LogP contribution in [0.25, 0.3) is 0 Å². The lowest BCUT2D eigenvalue weighted by Gasteiger charge is -2.29. The third-order valence-corrected chi connectivity index (χ3v) is 6.07. The zero-order chi connectivity index (χ0) is 28.9. The average Bonchev–Trinajstić information content (AvgIpc) is 2.86. The number of likely N-dealkylation sites (N-methyl/N-ethyl adjacent to an activating group) is 1. The van der Waals surface area contributed by atoms with Gasteiger partial charge in [-0.3, -0.25) is 9.59 Å². The van der Waals surface area contributed by atoms with Gasteiger partial charge in [-0.1, -0.05) is 24.3 Å². The second-order valence-corrected chi connectivity index (χ2v) is 9.55. The number of nitrogens with zero attached hydrogens (tertiary/aromatic N) is 1. The van der Waals surface area contributed by atoms with Gasteiger partial charge in [-0.15, -0.1) is 0 Å². The molecule has 0 radical (unpaired) electrons. The molecule has 2 amide bonds. The summed E-state index contributed by atoms with van der Waals surface area (Å²) in [6.07, 6.45) is -3.05. The lowest BCUT2D eigenvalue weighted by Crippen LogP contribution is -2.53. The maximum Gasteiger partial charge on any atom is 0.490 e. The predicted octanol–water partition coefficient (Wildman–Crippen LogP) is 2.86. The molecule has 0 aliphatic rings. The first-order chi connectivity index (χ1) is 17.8. The van der Waals surface area contributed by atoms with Crippen LogP contribution in [0, 0.1) is 9.39 Å². The van der Waals surface area contributed by atoms with E-state index in [9.17, 15) is 27.2 Å². The lowest BCUT2D eigenvalue weighted by molar-refractivity contribution is -0.192. The van der Waals surface area contributed by atoms with Crippen LogP contribution >= 0.6 is 22.6 Å². The Morgan fingerprint density at radius 2 is 1.58 bits per heavy atom. The summed E-state index contributed by atoms with van der Waals surface area (Å²) in [6.45, 7) is 0.816. The zero-order valence-corrected chi connectivity index (χ0v) is 22.8. The number of halogens is 5. The van der Waals surface area contributed by atoms with Gasteiger partial charge in [-0.25, -0.2) is 9.18 Å². The van der Waals surface area contributed by atoms with Crippen LogP contribution in [0.3, 0.4) is 0 Å². The Kier molecular flexibility index (Phi) is 14.2. The van der Waals surface area contributed by atoms with E-state index < -0.39 is 24.2 Å². The molecule has 0 aliphatic heterocycles. The summed E-state index contributed by atoms with van der Waals surface area (Å²) in [5.41, 5.74) is 13.7. The fourth-order valence-electron chi connectivity index (χ4n) is 3.29. The molecule has 0 heterocycles. The molecule has 8 nitrogen and oxygen atoms in total. The number of hydrogen-bond donors (Lipinski definition) is 4. The molecule has 0 spiro atoms. The second kappa shape index (κ2) is 16.2. The van der Waals surface area contributed by atoms with Crippen molar-refractivity contribution in [1.82, 2.24) is 10.2 Å². The zero-order valence-electron chi connectivity index (χ0n) is 20.7. The number of hydrogen-bond acceptors (Lipinski definition) is 5. The van der Waals surface area contributed by atoms with E-state index in [4.69, 9.17) is 21.4 Å². The number of nitrogens with two attached hydrogens (primary N) is 2. The molecule has 0 saturated heterocycles. The predicted molar refractivity (Wildman–Crippen MR) is 142 cm³/mol. The highest BCUT2D eigenvalue weighted by molar-refractivity contribution is 14.1. The number of carbonyl (C=O) groups excluding carboxylic acids is 2. The van der Waals surface area contributed by atoms with Crippen LogP contribution in [0.15, 0.2) is 48.5 Å². The Balaban J connectivity index is 0.000000905. The lowest BCUT2D eigenvalue weighted by atomic mass is 10.0. The van der Waals surface area contributed by atoms with Gasteiger partial charge in [0.25, 0.3) is 0 Å². The summed E-state index contributed by atoms with van der Waals surface area (Å²) < 4.78 is 45.9. The van der Waals surface area contributed by atoms with Gasteiger partial charge in [0.15, 0.2) is 0 Å². The number of rotatable bonds is 11. The van der Waals surface area contributed by atoms with Gasteiger partial charge in [0.1, 0.15) is 11.9 Å². The Hall–Kier alpha value is -2.78. The van der Waals surface area contributed by atoms with Crippen molar-refractivity contribution in [3.05, 3.63) is 69.0 Å². The van der Waals surface area contributed by atoms with E-state index in [0.717, 1.165) is 14.7 Å². The topological polar surface area (TPSA) is 139 Å². The molecule has 0 unspecified atom stereocenters. The van der Waals surface area contributed by atoms with Crippen LogP contribution in [0.4, 0.5) is 17.6 Å². The van der Waals surface area contributed by atoms with Gasteiger partial charge < -0.3 is 26.8 Å². The van der Waals surface area contributed by atoms with E-state index in [1.54, 1.807) is 19.2 Å². The Labute approximate surface area is 231 Å². The van der Waals surface area contributed by atoms with E-state index in [-0.39, 0.29) is 17.6 Å². The van der Waals surface area contributed by atoms with Gasteiger partial charge in [0.2, 0.25) is 11.8 Å². The summed E-state index contributed by atoms with van der Waals surface area (Å²) in [7, 11) is 1.61. The third kappa shape index (κ3) is 12.2. The Bertz CT molecular complexity index is 1040. The number of carbonyl (C=O) groups is 3. The molecule has 38 heavy (non-hydrogen) atoms. The smallest absolute Gasteiger partial charge is 0.475 e. The summed E-state index contributed by atoms with van der Waals surface area (Å²) in [5, 5.41) is 10.0. The molecular formula is C25H31F4IN4O4. The first-order valence-electron chi connectivity index (χ1n) is 11.5. The molecular weight excluding hydrogens is 623 g/mol. The number of alkyl halides is 3. The molecule has 2 aromatic carbocycles. The fourth-order valence-corrected chi connectivity index (χ4v) is 3.65. The fraction of sp³-hybridized carbons (Fsp3) is 0.400. The summed E-state index contributed by atoms with van der Waals surface area (Å²) in [6, 6.07) is 12.6. The molecule has 2 atom stereocenters. The van der Waals surface area contributed by atoms with Crippen LogP contribution in [-0.4, -0.2) is 66.2 Å². The van der Waals surface area contributed by atoms with Crippen molar-refractivity contribution in [2.24, 2.45) is 11.5 Å². The molecule has 6 N–H and O–H groups in total. The summed E-state index contributed by atoms with van der Waals surface area (Å²) >= 11 is 2.22. The van der Waals surface area contributed by atoms with Gasteiger partial charge in [0, 0.05) is 17.2 Å². The highest BCUT2D eigenvalue weighted by Gasteiger charge is 2.38. The van der Waals surface area contributed by atoms with Crippen LogP contribution < -0.4 is 16.8 Å². The highest BCUT2D eigenvalue weighted by atomic mass is 127. The minimum absolute atomic E-state index is 0.243. The number of amides is 2. The molecule has 2 aromatic rings. The minimum Gasteiger partial charge on any atom is -0.475 e. The van der Waals surface area contributed by atoms with Crippen LogP contribution in [0.5, 0.6) is 0 Å². The van der Waals surface area contributed by atoms with Crippen molar-refractivity contribution in [3.63, 3.8) is 0 Å². The number of benzene rings is 2. The number of carboxylic acids is 1. The van der Waals surface area contributed by atoms with Crippen molar-refractivity contribution in [2.75, 3.05) is 20.1 Å². The van der Waals surface area contributed by atoms with Gasteiger partial charge in [0.05, 0.1) is 6.04 Å². The first-order valence-corrected chi connectivity index (χ1v) is 12.6. The molecule has 0 saturated carbocycles. The van der Waals surface area contributed by atoms with Crippen molar-refractivity contribution >= 4 is 40.4 Å². The van der Waals surface area contributed by atoms with Crippen LogP contribution in [-0.2, 0) is 27.2 Å². The van der Waals surface area contributed by atoms with Crippen LogP contribution in [0.1, 0.15) is 24.0 Å². The van der Waals surface area contributed by atoms with Crippen LogP contribution in [0.2, 0.25) is 0 Å². The van der Waals surface area contributed by atoms with E-state index in [0.29, 0.717) is 38.8 Å². The number of nitrogens with one attached hydrogen (secondary N) is 1. The van der Waals surface area contributed by atoms with Crippen molar-refractivity contribution in [1.29, 1.82) is 0 Å². The van der Waals surface area contributed by atoms with E-state index in [1.165, 1.54) is 17.0 Å². The average molecular weight is 654 g/mol. The second-order valence-electron chi connectivity index (χ2n) is 8.30. The number of aliphatic carboxylic acids is 1. The summed E-state index contributed by atoms with van der Waals surface area (Å²) in [4.78, 5) is 36.0. The Morgan fingerprint density at radius 1 is 1.05 bits per heavy atom. The molecule has 0 aromatic heterocycles. The van der Waals surface area contributed by atoms with Crippen molar-refractivity contribution in [3.8, 4) is 0 Å². The van der Waals surface area contributed by atoms with Gasteiger partial charge in [-0.05, 0) is 90.2 Å². The quantitative estimate of drug-likeness (QED) is 0.217. The third-order valence-electron chi connectivity index (χ3n) is 5.35. The van der Waals surface area contributed by atoms with E-state index in [2.05, 4.69) is 27.9 Å². The molecule has 0 bridgehead atoms. The largest absolute Gasteiger partial charge is 0.490 e. The van der Waals surface area contributed by atoms with Gasteiger partial charge >= 0.3 is 12.1 Å². The highest BCUT2D eigenvalue weighted by Crippen LogP contribution is 2.13. The molecule has 2 rings (SSSR count). The number of carboxylic acid groups (broad SMARTS) is 1.